The zero-order chi connectivity index (χ0) is 14.7. The van der Waals surface area contributed by atoms with E-state index in [4.69, 9.17) is 10.5 Å². The predicted molar refractivity (Wildman–Crippen MR) is 78.1 cm³/mol. The van der Waals surface area contributed by atoms with Crippen LogP contribution in [0.1, 0.15) is 35.6 Å². The smallest absolute Gasteiger partial charge is 0.340 e. The second-order valence-corrected chi connectivity index (χ2v) is 4.48. The van der Waals surface area contributed by atoms with Gasteiger partial charge in [0.1, 0.15) is 0 Å². The highest BCUT2D eigenvalue weighted by Crippen LogP contribution is 2.24. The number of nitrogens with zero attached hydrogens (tertiary/aromatic N) is 2. The van der Waals surface area contributed by atoms with Gasteiger partial charge >= 0.3 is 5.97 Å². The molecule has 0 aliphatic rings. The maximum Gasteiger partial charge on any atom is 0.340 e. The maximum atomic E-state index is 11.7. The molecule has 1 aromatic heterocycles. The van der Waals surface area contributed by atoms with Gasteiger partial charge in [0.15, 0.2) is 0 Å². The Morgan fingerprint density at radius 3 is 2.70 bits per heavy atom. The van der Waals surface area contributed by atoms with Crippen molar-refractivity contribution in [3.63, 3.8) is 0 Å². The molecule has 20 heavy (non-hydrogen) atoms. The third-order valence-corrected chi connectivity index (χ3v) is 3.27. The van der Waals surface area contributed by atoms with Crippen LogP contribution in [0.2, 0.25) is 0 Å². The van der Waals surface area contributed by atoms with Gasteiger partial charge in [0.2, 0.25) is 0 Å². The first-order valence-corrected chi connectivity index (χ1v) is 6.67. The van der Waals surface area contributed by atoms with Crippen LogP contribution in [0.25, 0.3) is 5.69 Å². The molecule has 0 bridgehead atoms. The van der Waals surface area contributed by atoms with Crippen molar-refractivity contribution in [3.8, 4) is 5.69 Å². The number of carbonyl (C=O) groups is 1. The molecule has 5 heteroatoms. The highest BCUT2D eigenvalue weighted by Gasteiger charge is 2.16. The number of nitrogens with two attached hydrogens (primary N) is 1. The third-order valence-electron chi connectivity index (χ3n) is 3.27. The van der Waals surface area contributed by atoms with E-state index in [0.717, 1.165) is 24.2 Å². The van der Waals surface area contributed by atoms with Crippen molar-refractivity contribution < 1.29 is 9.53 Å². The summed E-state index contributed by atoms with van der Waals surface area (Å²) in [4.78, 5) is 11.7. The molecule has 2 aromatic rings. The monoisotopic (exact) mass is 273 g/mol. The Balaban J connectivity index is 2.58. The second-order valence-electron chi connectivity index (χ2n) is 4.48. The predicted octanol–water partition coefficient (Wildman–Crippen LogP) is 2.37. The number of para-hydroxylation sites is 1. The molecule has 2 N–H and O–H groups in total. The molecule has 0 aliphatic carbocycles. The summed E-state index contributed by atoms with van der Waals surface area (Å²) in [5, 5.41) is 4.54. The molecular formula is C15H19N3O2. The maximum absolute atomic E-state index is 11.7. The van der Waals surface area contributed by atoms with E-state index in [0.29, 0.717) is 16.9 Å². The van der Waals surface area contributed by atoms with Crippen LogP contribution in [0.4, 0.5) is 5.69 Å². The molecule has 0 spiro atoms. The highest BCUT2D eigenvalue weighted by molar-refractivity contribution is 5.97. The lowest BCUT2D eigenvalue weighted by Gasteiger charge is -2.11. The molecule has 0 amide bonds. The number of nitrogen functional groups attached to an aromatic ring is 1. The van der Waals surface area contributed by atoms with E-state index in [1.54, 1.807) is 16.8 Å². The first kappa shape index (κ1) is 14.1. The third kappa shape index (κ3) is 2.39. The highest BCUT2D eigenvalue weighted by atomic mass is 16.5. The molecule has 1 heterocycles. The van der Waals surface area contributed by atoms with Crippen molar-refractivity contribution in [1.29, 1.82) is 0 Å². The summed E-state index contributed by atoms with van der Waals surface area (Å²) in [7, 11) is 1.34. The Morgan fingerprint density at radius 1 is 1.35 bits per heavy atom. The van der Waals surface area contributed by atoms with Gasteiger partial charge in [-0.15, -0.1) is 0 Å². The van der Waals surface area contributed by atoms with E-state index in [-0.39, 0.29) is 0 Å². The fraction of sp³-hybridized carbons (Fsp3) is 0.333. The molecule has 0 aliphatic heterocycles. The summed E-state index contributed by atoms with van der Waals surface area (Å²) >= 11 is 0. The summed E-state index contributed by atoms with van der Waals surface area (Å²) in [6.45, 7) is 4.12. The number of hydrogen-bond acceptors (Lipinski definition) is 4. The Hall–Kier alpha value is -2.30. The van der Waals surface area contributed by atoms with E-state index in [1.807, 2.05) is 6.07 Å². The fourth-order valence-electron chi connectivity index (χ4n) is 2.13. The van der Waals surface area contributed by atoms with Crippen molar-refractivity contribution >= 4 is 11.7 Å². The molecule has 0 radical (unpaired) electrons. The number of methoxy groups -OCH3 is 1. The molecule has 0 saturated heterocycles. The minimum atomic E-state index is -0.440. The largest absolute Gasteiger partial charge is 0.465 e. The van der Waals surface area contributed by atoms with Gasteiger partial charge in [-0.1, -0.05) is 19.9 Å². The number of anilines is 1. The summed E-state index contributed by atoms with van der Waals surface area (Å²) in [5.41, 5.74) is 9.64. The minimum absolute atomic E-state index is 0.362. The molecule has 1 aromatic carbocycles. The number of hydrogen-bond donors (Lipinski definition) is 1. The summed E-state index contributed by atoms with van der Waals surface area (Å²) in [6.07, 6.45) is 1.70. The average molecular weight is 273 g/mol. The van der Waals surface area contributed by atoms with Crippen molar-refractivity contribution in [3.05, 3.63) is 41.2 Å². The summed E-state index contributed by atoms with van der Waals surface area (Å²) < 4.78 is 6.55. The Labute approximate surface area is 118 Å². The quantitative estimate of drug-likeness (QED) is 0.685. The Morgan fingerprint density at radius 2 is 2.10 bits per heavy atom. The number of benzene rings is 1. The number of aryl methyl sites for hydroxylation is 2. The number of aromatic nitrogens is 2. The number of carbonyl (C=O) groups excluding carboxylic acids is 1. The van der Waals surface area contributed by atoms with Crippen LogP contribution in [0, 0.1) is 0 Å². The van der Waals surface area contributed by atoms with Crippen LogP contribution < -0.4 is 5.73 Å². The van der Waals surface area contributed by atoms with Gasteiger partial charge in [-0.05, 0) is 31.0 Å². The zero-order valence-electron chi connectivity index (χ0n) is 12.0. The standard InChI is InChI=1S/C15H19N3O2/c1-4-10-9-11(5-2)18(17-10)13-8-6-7-12(14(13)16)15(19)20-3/h6-9H,4-5,16H2,1-3H3. The minimum Gasteiger partial charge on any atom is -0.465 e. The van der Waals surface area contributed by atoms with E-state index in [9.17, 15) is 4.79 Å². The lowest BCUT2D eigenvalue weighted by Crippen LogP contribution is -2.11. The first-order valence-electron chi connectivity index (χ1n) is 6.67. The molecule has 0 unspecified atom stereocenters. The number of esters is 1. The van der Waals surface area contributed by atoms with Crippen molar-refractivity contribution in [2.45, 2.75) is 26.7 Å². The van der Waals surface area contributed by atoms with E-state index < -0.39 is 5.97 Å². The summed E-state index contributed by atoms with van der Waals surface area (Å²) in [5.74, 6) is -0.440. The Bertz CT molecular complexity index is 632. The van der Waals surface area contributed by atoms with Crippen molar-refractivity contribution in [2.24, 2.45) is 0 Å². The first-order chi connectivity index (χ1) is 9.62. The van der Waals surface area contributed by atoms with E-state index in [2.05, 4.69) is 25.0 Å². The van der Waals surface area contributed by atoms with Crippen LogP contribution in [-0.4, -0.2) is 22.9 Å². The molecule has 106 valence electrons. The van der Waals surface area contributed by atoms with Gasteiger partial charge in [-0.25, -0.2) is 9.48 Å². The average Bonchev–Trinajstić information content (AvgIpc) is 2.90. The zero-order valence-corrected chi connectivity index (χ0v) is 12.0. The van der Waals surface area contributed by atoms with E-state index >= 15 is 0 Å². The lowest BCUT2D eigenvalue weighted by atomic mass is 10.1. The van der Waals surface area contributed by atoms with Crippen molar-refractivity contribution in [1.82, 2.24) is 9.78 Å². The SMILES string of the molecule is CCc1cc(CC)n(-c2cccc(C(=O)OC)c2N)n1. The van der Waals surface area contributed by atoms with Crippen LogP contribution in [0.5, 0.6) is 0 Å². The molecular weight excluding hydrogens is 254 g/mol. The van der Waals surface area contributed by atoms with Gasteiger partial charge in [0.05, 0.1) is 29.7 Å². The fourth-order valence-corrected chi connectivity index (χ4v) is 2.13. The van der Waals surface area contributed by atoms with E-state index in [1.165, 1.54) is 7.11 Å². The van der Waals surface area contributed by atoms with Gasteiger partial charge in [0, 0.05) is 5.69 Å². The van der Waals surface area contributed by atoms with Gasteiger partial charge in [-0.3, -0.25) is 0 Å². The van der Waals surface area contributed by atoms with Gasteiger partial charge < -0.3 is 10.5 Å². The molecule has 0 fully saturated rings. The van der Waals surface area contributed by atoms with Crippen LogP contribution in [0.3, 0.4) is 0 Å². The van der Waals surface area contributed by atoms with Crippen LogP contribution >= 0.6 is 0 Å². The molecule has 5 nitrogen and oxygen atoms in total. The molecule has 2 rings (SSSR count). The molecule has 0 atom stereocenters. The van der Waals surface area contributed by atoms with Gasteiger partial charge in [-0.2, -0.15) is 5.10 Å². The normalized spacial score (nSPS) is 10.6. The second kappa shape index (κ2) is 5.77. The van der Waals surface area contributed by atoms with Crippen LogP contribution in [0.15, 0.2) is 24.3 Å². The lowest BCUT2D eigenvalue weighted by molar-refractivity contribution is 0.0602. The number of ether oxygens (including phenoxy) is 1. The number of rotatable bonds is 4. The van der Waals surface area contributed by atoms with Crippen LogP contribution in [-0.2, 0) is 17.6 Å². The molecule has 0 saturated carbocycles. The topological polar surface area (TPSA) is 70.1 Å². The van der Waals surface area contributed by atoms with Gasteiger partial charge in [0.25, 0.3) is 0 Å². The van der Waals surface area contributed by atoms with Crippen molar-refractivity contribution in [2.75, 3.05) is 12.8 Å². The summed E-state index contributed by atoms with van der Waals surface area (Å²) in [6, 6.07) is 7.35. The Kier molecular flexibility index (Phi) is 4.08.